The van der Waals surface area contributed by atoms with E-state index >= 15 is 0 Å². The molecule has 0 saturated heterocycles. The van der Waals surface area contributed by atoms with Crippen molar-refractivity contribution in [2.75, 3.05) is 0 Å². The van der Waals surface area contributed by atoms with Gasteiger partial charge in [-0.1, -0.05) is 11.6 Å². The molecule has 5 heteroatoms. The Bertz CT molecular complexity index is 569. The smallest absolute Gasteiger partial charge is 0.126 e. The second-order valence-corrected chi connectivity index (χ2v) is 4.59. The van der Waals surface area contributed by atoms with Gasteiger partial charge in [-0.2, -0.15) is 0 Å². The van der Waals surface area contributed by atoms with Crippen molar-refractivity contribution in [1.82, 2.24) is 5.32 Å². The number of phenols is 1. The fraction of sp³-hybridized carbons (Fsp3) is 0.143. The molecule has 100 valence electrons. The first-order valence-electron chi connectivity index (χ1n) is 5.67. The Labute approximate surface area is 114 Å². The van der Waals surface area contributed by atoms with Gasteiger partial charge in [-0.05, 0) is 35.9 Å². The van der Waals surface area contributed by atoms with E-state index in [0.717, 1.165) is 6.07 Å². The molecule has 0 spiro atoms. The number of benzene rings is 2. The molecule has 0 aliphatic rings. The Balaban J connectivity index is 1.98. The van der Waals surface area contributed by atoms with Gasteiger partial charge in [0.15, 0.2) is 0 Å². The Morgan fingerprint density at radius 2 is 1.68 bits per heavy atom. The number of hydrogen-bond acceptors (Lipinski definition) is 2. The molecule has 0 heterocycles. The number of nitrogens with one attached hydrogen (secondary N) is 1. The Morgan fingerprint density at radius 3 is 2.37 bits per heavy atom. The van der Waals surface area contributed by atoms with E-state index in [1.54, 1.807) is 12.1 Å². The van der Waals surface area contributed by atoms with Crippen LogP contribution in [0.15, 0.2) is 36.4 Å². The predicted octanol–water partition coefficient (Wildman–Crippen LogP) is 3.61. The van der Waals surface area contributed by atoms with Gasteiger partial charge in [0.05, 0.1) is 0 Å². The number of aromatic hydroxyl groups is 1. The van der Waals surface area contributed by atoms with Crippen LogP contribution in [0.5, 0.6) is 5.75 Å². The van der Waals surface area contributed by atoms with E-state index in [1.807, 2.05) is 0 Å². The number of hydrogen-bond donors (Lipinski definition) is 2. The summed E-state index contributed by atoms with van der Waals surface area (Å²) >= 11 is 5.82. The minimum Gasteiger partial charge on any atom is -0.508 e. The van der Waals surface area contributed by atoms with Crippen molar-refractivity contribution in [3.05, 3.63) is 64.2 Å². The molecular formula is C14H12ClF2NO. The maximum absolute atomic E-state index is 13.0. The zero-order chi connectivity index (χ0) is 13.8. The van der Waals surface area contributed by atoms with Gasteiger partial charge in [-0.25, -0.2) is 8.78 Å². The van der Waals surface area contributed by atoms with Crippen LogP contribution in [0.4, 0.5) is 8.78 Å². The fourth-order valence-corrected chi connectivity index (χ4v) is 1.94. The highest BCUT2D eigenvalue weighted by Crippen LogP contribution is 2.21. The Kier molecular flexibility index (Phi) is 4.35. The lowest BCUT2D eigenvalue weighted by molar-refractivity contribution is 0.464. The molecule has 2 rings (SSSR count). The lowest BCUT2D eigenvalue weighted by Gasteiger charge is -2.08. The zero-order valence-electron chi connectivity index (χ0n) is 9.96. The fourth-order valence-electron chi connectivity index (χ4n) is 1.75. The highest BCUT2D eigenvalue weighted by molar-refractivity contribution is 6.30. The van der Waals surface area contributed by atoms with Crippen molar-refractivity contribution >= 4 is 11.6 Å². The third-order valence-corrected chi connectivity index (χ3v) is 2.84. The second-order valence-electron chi connectivity index (χ2n) is 4.15. The standard InChI is InChI=1S/C14H12ClF2NO/c15-11-1-2-14(19)10(5-11)8-18-7-9-3-12(16)6-13(17)4-9/h1-6,18-19H,7-8H2. The highest BCUT2D eigenvalue weighted by Gasteiger charge is 2.03. The summed E-state index contributed by atoms with van der Waals surface area (Å²) in [6, 6.07) is 8.06. The van der Waals surface area contributed by atoms with Gasteiger partial charge in [0.25, 0.3) is 0 Å². The largest absolute Gasteiger partial charge is 0.508 e. The average Bonchev–Trinajstić information content (AvgIpc) is 2.32. The summed E-state index contributed by atoms with van der Waals surface area (Å²) in [5, 5.41) is 13.1. The zero-order valence-corrected chi connectivity index (χ0v) is 10.7. The van der Waals surface area contributed by atoms with Crippen molar-refractivity contribution < 1.29 is 13.9 Å². The van der Waals surface area contributed by atoms with E-state index < -0.39 is 11.6 Å². The van der Waals surface area contributed by atoms with Crippen LogP contribution in [-0.2, 0) is 13.1 Å². The Morgan fingerprint density at radius 1 is 1.00 bits per heavy atom. The van der Waals surface area contributed by atoms with Gasteiger partial charge >= 0.3 is 0 Å². The quantitative estimate of drug-likeness (QED) is 0.898. The molecule has 2 aromatic rings. The first-order chi connectivity index (χ1) is 9.04. The summed E-state index contributed by atoms with van der Waals surface area (Å²) in [7, 11) is 0. The van der Waals surface area contributed by atoms with Gasteiger partial charge in [0.1, 0.15) is 17.4 Å². The molecule has 0 bridgehead atoms. The first kappa shape index (κ1) is 13.8. The van der Waals surface area contributed by atoms with E-state index in [0.29, 0.717) is 29.2 Å². The molecule has 2 nitrogen and oxygen atoms in total. The van der Waals surface area contributed by atoms with Gasteiger partial charge in [-0.15, -0.1) is 0 Å². The molecule has 0 saturated carbocycles. The topological polar surface area (TPSA) is 32.3 Å². The van der Waals surface area contributed by atoms with Crippen molar-refractivity contribution in [3.8, 4) is 5.75 Å². The first-order valence-corrected chi connectivity index (χ1v) is 6.05. The van der Waals surface area contributed by atoms with Crippen LogP contribution in [0.25, 0.3) is 0 Å². The van der Waals surface area contributed by atoms with Crippen molar-refractivity contribution in [2.24, 2.45) is 0 Å². The normalized spacial score (nSPS) is 10.7. The van der Waals surface area contributed by atoms with Crippen molar-refractivity contribution in [1.29, 1.82) is 0 Å². The molecule has 0 aliphatic heterocycles. The molecule has 0 aromatic heterocycles. The van der Waals surface area contributed by atoms with Crippen LogP contribution in [0.3, 0.4) is 0 Å². The summed E-state index contributed by atoms with van der Waals surface area (Å²) in [6.45, 7) is 0.644. The van der Waals surface area contributed by atoms with Gasteiger partial charge in [0.2, 0.25) is 0 Å². The molecule has 0 fully saturated rings. The second kappa shape index (κ2) is 5.99. The molecule has 0 unspecified atom stereocenters. The van der Waals surface area contributed by atoms with Gasteiger partial charge < -0.3 is 10.4 Å². The lowest BCUT2D eigenvalue weighted by atomic mass is 10.2. The summed E-state index contributed by atoms with van der Waals surface area (Å²) in [6.07, 6.45) is 0. The number of phenolic OH excluding ortho intramolecular Hbond substituents is 1. The predicted molar refractivity (Wildman–Crippen MR) is 70.0 cm³/mol. The molecule has 0 aliphatic carbocycles. The minimum atomic E-state index is -0.609. The molecular weight excluding hydrogens is 272 g/mol. The van der Waals surface area contributed by atoms with E-state index in [-0.39, 0.29) is 5.75 Å². The molecule has 0 radical (unpaired) electrons. The van der Waals surface area contributed by atoms with E-state index in [9.17, 15) is 13.9 Å². The van der Waals surface area contributed by atoms with Crippen molar-refractivity contribution in [2.45, 2.75) is 13.1 Å². The monoisotopic (exact) mass is 283 g/mol. The molecule has 19 heavy (non-hydrogen) atoms. The van der Waals surface area contributed by atoms with Crippen LogP contribution in [0.1, 0.15) is 11.1 Å². The van der Waals surface area contributed by atoms with Crippen molar-refractivity contribution in [3.63, 3.8) is 0 Å². The van der Waals surface area contributed by atoms with E-state index in [1.165, 1.54) is 18.2 Å². The van der Waals surface area contributed by atoms with Crippen LogP contribution < -0.4 is 5.32 Å². The highest BCUT2D eigenvalue weighted by atomic mass is 35.5. The molecule has 2 N–H and O–H groups in total. The summed E-state index contributed by atoms with van der Waals surface area (Å²) in [4.78, 5) is 0. The van der Waals surface area contributed by atoms with Crippen LogP contribution >= 0.6 is 11.6 Å². The van der Waals surface area contributed by atoms with Crippen LogP contribution in [-0.4, -0.2) is 5.11 Å². The van der Waals surface area contributed by atoms with Gasteiger partial charge in [0, 0.05) is 29.7 Å². The SMILES string of the molecule is Oc1ccc(Cl)cc1CNCc1cc(F)cc(F)c1. The third-order valence-electron chi connectivity index (χ3n) is 2.61. The minimum absolute atomic E-state index is 0.127. The van der Waals surface area contributed by atoms with Gasteiger partial charge in [-0.3, -0.25) is 0 Å². The van der Waals surface area contributed by atoms with E-state index in [2.05, 4.69) is 5.32 Å². The maximum atomic E-state index is 13.0. The average molecular weight is 284 g/mol. The third kappa shape index (κ3) is 3.91. The Hall–Kier alpha value is -1.65. The van der Waals surface area contributed by atoms with E-state index in [4.69, 9.17) is 11.6 Å². The number of halogens is 3. The maximum Gasteiger partial charge on any atom is 0.126 e. The summed E-state index contributed by atoms with van der Waals surface area (Å²) < 4.78 is 25.9. The summed E-state index contributed by atoms with van der Waals surface area (Å²) in [5.41, 5.74) is 1.13. The molecule has 0 atom stereocenters. The lowest BCUT2D eigenvalue weighted by Crippen LogP contribution is -2.13. The molecule has 2 aromatic carbocycles. The van der Waals surface area contributed by atoms with Crippen LogP contribution in [0.2, 0.25) is 5.02 Å². The molecule has 0 amide bonds. The summed E-state index contributed by atoms with van der Waals surface area (Å²) in [5.74, 6) is -1.09. The number of rotatable bonds is 4. The van der Waals surface area contributed by atoms with Crippen LogP contribution in [0, 0.1) is 11.6 Å².